The zero-order valence-corrected chi connectivity index (χ0v) is 12.7. The van der Waals surface area contributed by atoms with Crippen molar-refractivity contribution in [3.05, 3.63) is 59.7 Å². The molecule has 0 aliphatic rings. The molecule has 0 heterocycles. The van der Waals surface area contributed by atoms with E-state index >= 15 is 0 Å². The molecule has 2 aromatic carbocycles. The van der Waals surface area contributed by atoms with Gasteiger partial charge in [0.2, 0.25) is 10.0 Å². The number of halogens is 2. The van der Waals surface area contributed by atoms with E-state index in [1.54, 1.807) is 0 Å². The van der Waals surface area contributed by atoms with Crippen molar-refractivity contribution in [1.82, 2.24) is 4.72 Å². The van der Waals surface area contributed by atoms with Crippen LogP contribution in [0.1, 0.15) is 12.5 Å². The molecule has 118 valence electrons. The summed E-state index contributed by atoms with van der Waals surface area (Å²) in [6.45, 7) is 2.04. The second-order valence-electron chi connectivity index (χ2n) is 4.46. The van der Waals surface area contributed by atoms with Gasteiger partial charge >= 0.3 is 0 Å². The van der Waals surface area contributed by atoms with Crippen LogP contribution in [0, 0.1) is 11.6 Å². The highest BCUT2D eigenvalue weighted by molar-refractivity contribution is 7.89. The van der Waals surface area contributed by atoms with E-state index < -0.39 is 21.7 Å². The smallest absolute Gasteiger partial charge is 0.240 e. The van der Waals surface area contributed by atoms with Gasteiger partial charge < -0.3 is 4.74 Å². The number of rotatable bonds is 6. The molecule has 0 unspecified atom stereocenters. The van der Waals surface area contributed by atoms with Crippen LogP contribution in [0.15, 0.2) is 47.4 Å². The van der Waals surface area contributed by atoms with E-state index in [4.69, 9.17) is 4.74 Å². The van der Waals surface area contributed by atoms with Crippen molar-refractivity contribution in [3.8, 4) is 5.75 Å². The van der Waals surface area contributed by atoms with Gasteiger partial charge in [0.15, 0.2) is 0 Å². The van der Waals surface area contributed by atoms with Crippen molar-refractivity contribution in [2.75, 3.05) is 6.61 Å². The Kier molecular flexibility index (Phi) is 5.10. The van der Waals surface area contributed by atoms with E-state index in [2.05, 4.69) is 4.72 Å². The Balaban J connectivity index is 2.10. The quantitative estimate of drug-likeness (QED) is 0.887. The molecule has 0 saturated heterocycles. The first-order valence-corrected chi connectivity index (χ1v) is 8.07. The lowest BCUT2D eigenvalue weighted by Crippen LogP contribution is -2.23. The van der Waals surface area contributed by atoms with Gasteiger partial charge in [-0.2, -0.15) is 0 Å². The van der Waals surface area contributed by atoms with Gasteiger partial charge in [-0.15, -0.1) is 0 Å². The fourth-order valence-electron chi connectivity index (χ4n) is 1.80. The Morgan fingerprint density at radius 2 is 1.77 bits per heavy atom. The normalized spacial score (nSPS) is 11.4. The first-order chi connectivity index (χ1) is 10.4. The van der Waals surface area contributed by atoms with E-state index in [1.807, 2.05) is 6.92 Å². The van der Waals surface area contributed by atoms with Crippen LogP contribution in [-0.2, 0) is 16.6 Å². The Morgan fingerprint density at radius 1 is 1.09 bits per heavy atom. The summed E-state index contributed by atoms with van der Waals surface area (Å²) in [6, 6.07) is 8.85. The molecule has 4 nitrogen and oxygen atoms in total. The van der Waals surface area contributed by atoms with Crippen molar-refractivity contribution in [1.29, 1.82) is 0 Å². The predicted molar refractivity (Wildman–Crippen MR) is 78.0 cm³/mol. The minimum Gasteiger partial charge on any atom is -0.494 e. The number of ether oxygens (including phenoxy) is 1. The van der Waals surface area contributed by atoms with Crippen LogP contribution in [-0.4, -0.2) is 15.0 Å². The van der Waals surface area contributed by atoms with Crippen LogP contribution in [0.4, 0.5) is 8.78 Å². The molecule has 0 atom stereocenters. The van der Waals surface area contributed by atoms with Crippen LogP contribution in [0.25, 0.3) is 0 Å². The van der Waals surface area contributed by atoms with Gasteiger partial charge in [0.25, 0.3) is 0 Å². The zero-order valence-electron chi connectivity index (χ0n) is 11.8. The fourth-order valence-corrected chi connectivity index (χ4v) is 2.81. The summed E-state index contributed by atoms with van der Waals surface area (Å²) >= 11 is 0. The van der Waals surface area contributed by atoms with Crippen LogP contribution in [0.3, 0.4) is 0 Å². The lowest BCUT2D eigenvalue weighted by molar-refractivity contribution is 0.340. The molecule has 2 aromatic rings. The van der Waals surface area contributed by atoms with Gasteiger partial charge in [-0.1, -0.05) is 6.07 Å². The van der Waals surface area contributed by atoms with E-state index in [9.17, 15) is 17.2 Å². The van der Waals surface area contributed by atoms with Crippen LogP contribution in [0.2, 0.25) is 0 Å². The Hall–Kier alpha value is -1.99. The first-order valence-electron chi connectivity index (χ1n) is 6.59. The number of hydrogen-bond acceptors (Lipinski definition) is 3. The van der Waals surface area contributed by atoms with E-state index in [0.29, 0.717) is 18.4 Å². The average Bonchev–Trinajstić information content (AvgIpc) is 2.47. The highest BCUT2D eigenvalue weighted by atomic mass is 32.2. The van der Waals surface area contributed by atoms with Gasteiger partial charge in [-0.3, -0.25) is 0 Å². The topological polar surface area (TPSA) is 55.4 Å². The predicted octanol–water partition coefficient (Wildman–Crippen LogP) is 2.84. The van der Waals surface area contributed by atoms with Crippen LogP contribution >= 0.6 is 0 Å². The summed E-state index contributed by atoms with van der Waals surface area (Å²) in [4.78, 5) is 0.0403. The molecule has 1 N–H and O–H groups in total. The summed E-state index contributed by atoms with van der Waals surface area (Å²) in [5.41, 5.74) is 0.0657. The summed E-state index contributed by atoms with van der Waals surface area (Å²) in [6.07, 6.45) is 0. The van der Waals surface area contributed by atoms with Crippen molar-refractivity contribution in [3.63, 3.8) is 0 Å². The highest BCUT2D eigenvalue weighted by Crippen LogP contribution is 2.17. The Bertz CT molecular complexity index is 746. The van der Waals surface area contributed by atoms with Crippen molar-refractivity contribution < 1.29 is 21.9 Å². The van der Waals surface area contributed by atoms with E-state index in [1.165, 1.54) is 30.3 Å². The minimum atomic E-state index is -3.78. The molecule has 7 heteroatoms. The van der Waals surface area contributed by atoms with Crippen molar-refractivity contribution in [2.45, 2.75) is 18.4 Å². The molecule has 0 amide bonds. The van der Waals surface area contributed by atoms with E-state index in [-0.39, 0.29) is 17.0 Å². The molecular formula is C15H15F2NO3S. The standard InChI is InChI=1S/C15H15F2NO3S/c1-2-21-13-5-7-14(8-6-13)22(19,20)18-10-11-3-4-12(16)9-15(11)17/h3-9,18H,2,10H2,1H3. The third-order valence-electron chi connectivity index (χ3n) is 2.91. The Morgan fingerprint density at radius 3 is 2.36 bits per heavy atom. The van der Waals surface area contributed by atoms with Gasteiger partial charge in [0.05, 0.1) is 11.5 Å². The summed E-state index contributed by atoms with van der Waals surface area (Å²) in [7, 11) is -3.78. The van der Waals surface area contributed by atoms with Gasteiger partial charge in [-0.05, 0) is 37.3 Å². The third-order valence-corrected chi connectivity index (χ3v) is 4.33. The van der Waals surface area contributed by atoms with Gasteiger partial charge in [-0.25, -0.2) is 21.9 Å². The molecule has 0 aliphatic carbocycles. The molecular weight excluding hydrogens is 312 g/mol. The lowest BCUT2D eigenvalue weighted by Gasteiger charge is -2.09. The van der Waals surface area contributed by atoms with Gasteiger partial charge in [0, 0.05) is 18.2 Å². The second-order valence-corrected chi connectivity index (χ2v) is 6.23. The van der Waals surface area contributed by atoms with Gasteiger partial charge in [0.1, 0.15) is 17.4 Å². The maximum Gasteiger partial charge on any atom is 0.240 e. The molecule has 2 rings (SSSR count). The lowest BCUT2D eigenvalue weighted by atomic mass is 10.2. The molecule has 0 fully saturated rings. The number of benzene rings is 2. The highest BCUT2D eigenvalue weighted by Gasteiger charge is 2.15. The molecule has 22 heavy (non-hydrogen) atoms. The van der Waals surface area contributed by atoms with Crippen LogP contribution in [0.5, 0.6) is 5.75 Å². The van der Waals surface area contributed by atoms with E-state index in [0.717, 1.165) is 6.07 Å². The maximum absolute atomic E-state index is 13.5. The molecule has 0 aliphatic heterocycles. The number of nitrogens with one attached hydrogen (secondary N) is 1. The molecule has 0 spiro atoms. The molecule has 0 bridgehead atoms. The molecule has 0 radical (unpaired) electrons. The summed E-state index contributed by atoms with van der Waals surface area (Å²) in [5, 5.41) is 0. The average molecular weight is 327 g/mol. The molecule has 0 saturated carbocycles. The number of sulfonamides is 1. The minimum absolute atomic E-state index is 0.0403. The second kappa shape index (κ2) is 6.85. The zero-order chi connectivity index (χ0) is 16.2. The number of hydrogen-bond donors (Lipinski definition) is 1. The van der Waals surface area contributed by atoms with Crippen molar-refractivity contribution in [2.24, 2.45) is 0 Å². The molecule has 0 aromatic heterocycles. The van der Waals surface area contributed by atoms with Crippen LogP contribution < -0.4 is 9.46 Å². The Labute approximate surface area is 127 Å². The maximum atomic E-state index is 13.5. The monoisotopic (exact) mass is 327 g/mol. The fraction of sp³-hybridized carbons (Fsp3) is 0.200. The largest absolute Gasteiger partial charge is 0.494 e. The van der Waals surface area contributed by atoms with Crippen molar-refractivity contribution >= 4 is 10.0 Å². The SMILES string of the molecule is CCOc1ccc(S(=O)(=O)NCc2ccc(F)cc2F)cc1. The first kappa shape index (κ1) is 16.4. The summed E-state index contributed by atoms with van der Waals surface area (Å²) < 4.78 is 58.0. The summed E-state index contributed by atoms with van der Waals surface area (Å²) in [5.74, 6) is -0.948. The third kappa shape index (κ3) is 4.02.